The molecule has 4 rings (SSSR count). The molecule has 0 atom stereocenters. The van der Waals surface area contributed by atoms with Gasteiger partial charge in [-0.25, -0.2) is 4.98 Å². The Morgan fingerprint density at radius 1 is 1.00 bits per heavy atom. The van der Waals surface area contributed by atoms with Crippen LogP contribution in [0.2, 0.25) is 0 Å². The number of halogens is 1. The van der Waals surface area contributed by atoms with E-state index in [1.165, 1.54) is 12.6 Å². The molecule has 0 aliphatic carbocycles. The molecule has 0 spiro atoms. The number of benzene rings is 2. The van der Waals surface area contributed by atoms with E-state index in [0.717, 1.165) is 36.1 Å². The number of primary amides is 1. The summed E-state index contributed by atoms with van der Waals surface area (Å²) in [5, 5.41) is 2.92. The Hall–Kier alpha value is -3.39. The zero-order valence-corrected chi connectivity index (χ0v) is 19.0. The molecule has 1 fully saturated rings. The lowest BCUT2D eigenvalue weighted by Gasteiger charge is -2.30. The fourth-order valence-corrected chi connectivity index (χ4v) is 4.00. The number of aromatic nitrogens is 1. The van der Waals surface area contributed by atoms with Crippen molar-refractivity contribution in [1.29, 1.82) is 0 Å². The van der Waals surface area contributed by atoms with E-state index in [2.05, 4.69) is 31.1 Å². The first-order chi connectivity index (χ1) is 15.5. The summed E-state index contributed by atoms with van der Waals surface area (Å²) in [6.45, 7) is 1.81. The van der Waals surface area contributed by atoms with Crippen LogP contribution in [-0.2, 0) is 0 Å². The number of nitrogens with one attached hydrogen (secondary N) is 1. The monoisotopic (exact) mass is 494 g/mol. The topological polar surface area (TPSA) is 97.6 Å². The smallest absolute Gasteiger partial charge is 0.257 e. The van der Waals surface area contributed by atoms with E-state index in [1.54, 1.807) is 24.3 Å². The van der Waals surface area contributed by atoms with E-state index in [9.17, 15) is 9.59 Å². The number of hydrogen-bond acceptors (Lipinski definition) is 5. The normalized spacial score (nSPS) is 13.5. The summed E-state index contributed by atoms with van der Waals surface area (Å²) in [7, 11) is 0. The number of carbonyl (C=O) groups excluding carboxylic acids is 2. The van der Waals surface area contributed by atoms with E-state index in [4.69, 9.17) is 10.5 Å². The lowest BCUT2D eigenvalue weighted by atomic mass is 10.1. The van der Waals surface area contributed by atoms with Crippen LogP contribution in [-0.4, -0.2) is 29.9 Å². The minimum atomic E-state index is -0.540. The first kappa shape index (κ1) is 21.8. The summed E-state index contributed by atoms with van der Waals surface area (Å²) < 4.78 is 6.62. The summed E-state index contributed by atoms with van der Waals surface area (Å²) in [5.74, 6) is 0.149. The van der Waals surface area contributed by atoms with E-state index in [1.807, 2.05) is 30.3 Å². The molecule has 3 N–H and O–H groups in total. The van der Waals surface area contributed by atoms with Gasteiger partial charge in [-0.1, -0.05) is 22.0 Å². The Morgan fingerprint density at radius 3 is 2.47 bits per heavy atom. The molecule has 2 aromatic carbocycles. The summed E-state index contributed by atoms with van der Waals surface area (Å²) in [4.78, 5) is 31.0. The van der Waals surface area contributed by atoms with Gasteiger partial charge in [-0.15, -0.1) is 0 Å². The summed E-state index contributed by atoms with van der Waals surface area (Å²) in [6.07, 6.45) is 4.83. The number of nitrogens with zero attached hydrogens (tertiary/aromatic N) is 2. The van der Waals surface area contributed by atoms with Crippen molar-refractivity contribution in [3.8, 4) is 11.6 Å². The summed E-state index contributed by atoms with van der Waals surface area (Å²) >= 11 is 3.40. The SMILES string of the molecule is NC(=O)c1ccc(N2CCCCC2)c(NC(=O)c2ccc(Oc3cccc(Br)c3)nc2)c1. The second-order valence-corrected chi connectivity index (χ2v) is 8.46. The molecule has 1 aliphatic heterocycles. The van der Waals surface area contributed by atoms with Crippen molar-refractivity contribution in [3.63, 3.8) is 0 Å². The molecule has 1 aromatic heterocycles. The Morgan fingerprint density at radius 2 is 1.78 bits per heavy atom. The van der Waals surface area contributed by atoms with Crippen molar-refractivity contribution < 1.29 is 14.3 Å². The molecule has 1 saturated heterocycles. The van der Waals surface area contributed by atoms with Crippen LogP contribution in [0.5, 0.6) is 11.6 Å². The lowest BCUT2D eigenvalue weighted by molar-refractivity contribution is 0.0996. The van der Waals surface area contributed by atoms with Crippen LogP contribution in [0.3, 0.4) is 0 Å². The minimum absolute atomic E-state index is 0.327. The Bertz CT molecular complexity index is 1130. The molecular weight excluding hydrogens is 472 g/mol. The van der Waals surface area contributed by atoms with Crippen LogP contribution in [0.25, 0.3) is 0 Å². The molecule has 1 aliphatic rings. The average molecular weight is 495 g/mol. The van der Waals surface area contributed by atoms with Crippen molar-refractivity contribution >= 4 is 39.1 Å². The summed E-state index contributed by atoms with van der Waals surface area (Å²) in [6, 6.07) is 15.9. The third-order valence-corrected chi connectivity index (χ3v) is 5.74. The number of nitrogens with two attached hydrogens (primary N) is 1. The maximum atomic E-state index is 12.9. The number of ether oxygens (including phenoxy) is 1. The summed E-state index contributed by atoms with van der Waals surface area (Å²) in [5.41, 5.74) is 7.61. The maximum absolute atomic E-state index is 12.9. The Kier molecular flexibility index (Phi) is 6.70. The molecule has 2 amide bonds. The highest BCUT2D eigenvalue weighted by Gasteiger charge is 2.18. The predicted molar refractivity (Wildman–Crippen MR) is 127 cm³/mol. The largest absolute Gasteiger partial charge is 0.439 e. The van der Waals surface area contributed by atoms with E-state index in [0.29, 0.717) is 28.4 Å². The third kappa shape index (κ3) is 5.26. The number of carbonyl (C=O) groups is 2. The quantitative estimate of drug-likeness (QED) is 0.503. The Balaban J connectivity index is 1.52. The number of pyridine rings is 1. The highest BCUT2D eigenvalue weighted by Crippen LogP contribution is 2.30. The molecule has 164 valence electrons. The van der Waals surface area contributed by atoms with E-state index in [-0.39, 0.29) is 5.91 Å². The fourth-order valence-electron chi connectivity index (χ4n) is 3.62. The van der Waals surface area contributed by atoms with Crippen molar-refractivity contribution in [2.75, 3.05) is 23.3 Å². The number of amides is 2. The molecule has 3 aromatic rings. The highest BCUT2D eigenvalue weighted by molar-refractivity contribution is 9.10. The van der Waals surface area contributed by atoms with Gasteiger partial charge in [-0.3, -0.25) is 9.59 Å². The number of rotatable bonds is 6. The van der Waals surface area contributed by atoms with Gasteiger partial charge in [0.05, 0.1) is 16.9 Å². The number of anilines is 2. The molecule has 2 heterocycles. The maximum Gasteiger partial charge on any atom is 0.257 e. The minimum Gasteiger partial charge on any atom is -0.439 e. The standard InChI is InChI=1S/C24H23BrN4O3/c25-18-5-4-6-19(14-18)32-22-10-8-17(15-27-22)24(31)28-20-13-16(23(26)30)7-9-21(20)29-11-2-1-3-12-29/h4-10,13-15H,1-3,11-12H2,(H2,26,30)(H,28,31). The van der Waals surface area contributed by atoms with Crippen molar-refractivity contribution in [2.45, 2.75) is 19.3 Å². The second-order valence-electron chi connectivity index (χ2n) is 7.54. The zero-order chi connectivity index (χ0) is 22.5. The van der Waals surface area contributed by atoms with Gasteiger partial charge in [0.25, 0.3) is 5.91 Å². The fraction of sp³-hybridized carbons (Fsp3) is 0.208. The van der Waals surface area contributed by atoms with Gasteiger partial charge in [0.15, 0.2) is 0 Å². The number of hydrogen-bond donors (Lipinski definition) is 2. The first-order valence-electron chi connectivity index (χ1n) is 10.4. The predicted octanol–water partition coefficient (Wildman–Crippen LogP) is 4.98. The first-order valence-corrected chi connectivity index (χ1v) is 11.2. The molecule has 7 nitrogen and oxygen atoms in total. The highest BCUT2D eigenvalue weighted by atomic mass is 79.9. The molecular formula is C24H23BrN4O3. The van der Waals surface area contributed by atoms with Gasteiger partial charge in [-0.05, 0) is 61.7 Å². The van der Waals surface area contributed by atoms with Crippen molar-refractivity contribution in [1.82, 2.24) is 4.98 Å². The van der Waals surface area contributed by atoms with Gasteiger partial charge in [-0.2, -0.15) is 0 Å². The molecule has 0 saturated carbocycles. The van der Waals surface area contributed by atoms with Crippen molar-refractivity contribution in [3.05, 3.63) is 76.4 Å². The van der Waals surface area contributed by atoms with Crippen LogP contribution in [0.1, 0.15) is 40.0 Å². The molecule has 8 heteroatoms. The van der Waals surface area contributed by atoms with Gasteiger partial charge in [0, 0.05) is 35.4 Å². The lowest BCUT2D eigenvalue weighted by Crippen LogP contribution is -2.30. The van der Waals surface area contributed by atoms with Crippen LogP contribution in [0, 0.1) is 0 Å². The van der Waals surface area contributed by atoms with Gasteiger partial charge < -0.3 is 20.7 Å². The van der Waals surface area contributed by atoms with Crippen LogP contribution >= 0.6 is 15.9 Å². The van der Waals surface area contributed by atoms with Crippen LogP contribution < -0.4 is 20.7 Å². The Labute approximate surface area is 194 Å². The van der Waals surface area contributed by atoms with Gasteiger partial charge in [0.1, 0.15) is 5.75 Å². The molecule has 0 unspecified atom stereocenters. The van der Waals surface area contributed by atoms with Gasteiger partial charge >= 0.3 is 0 Å². The second kappa shape index (κ2) is 9.82. The van der Waals surface area contributed by atoms with Crippen molar-refractivity contribution in [2.24, 2.45) is 5.73 Å². The van der Waals surface area contributed by atoms with E-state index < -0.39 is 5.91 Å². The average Bonchev–Trinajstić information content (AvgIpc) is 2.80. The zero-order valence-electron chi connectivity index (χ0n) is 17.4. The van der Waals surface area contributed by atoms with E-state index >= 15 is 0 Å². The van der Waals surface area contributed by atoms with Crippen LogP contribution in [0.4, 0.5) is 11.4 Å². The van der Waals surface area contributed by atoms with Gasteiger partial charge in [0.2, 0.25) is 11.8 Å². The number of piperidine rings is 1. The van der Waals surface area contributed by atoms with Crippen LogP contribution in [0.15, 0.2) is 65.3 Å². The molecule has 0 radical (unpaired) electrons. The third-order valence-electron chi connectivity index (χ3n) is 5.24. The molecule has 0 bridgehead atoms. The molecule has 32 heavy (non-hydrogen) atoms.